The monoisotopic (exact) mass is 343 g/mol. The third-order valence-electron chi connectivity index (χ3n) is 3.60. The smallest absolute Gasteiger partial charge is 0.390 e. The predicted octanol–water partition coefficient (Wildman–Crippen LogP) is 2.05. The molecule has 0 bridgehead atoms. The van der Waals surface area contributed by atoms with Crippen LogP contribution in [-0.2, 0) is 6.54 Å². The van der Waals surface area contributed by atoms with Gasteiger partial charge in [0.25, 0.3) is 0 Å². The summed E-state index contributed by atoms with van der Waals surface area (Å²) < 4.78 is 37.4. The Morgan fingerprint density at radius 1 is 1.21 bits per heavy atom. The highest BCUT2D eigenvalue weighted by Crippen LogP contribution is 2.21. The number of hydrogen-bond acceptors (Lipinski definition) is 5. The molecular formula is C16H20F3N3O2. The highest BCUT2D eigenvalue weighted by atomic mass is 19.4. The maximum absolute atomic E-state index is 12.5. The van der Waals surface area contributed by atoms with Gasteiger partial charge in [-0.3, -0.25) is 4.90 Å². The maximum atomic E-state index is 12.5. The van der Waals surface area contributed by atoms with E-state index in [1.165, 1.54) is 4.90 Å². The van der Waals surface area contributed by atoms with Gasteiger partial charge in [0.2, 0.25) is 0 Å². The number of fused-ring (bicyclic) bond motifs is 1. The minimum absolute atomic E-state index is 0.0683. The van der Waals surface area contributed by atoms with Gasteiger partial charge in [0.15, 0.2) is 0 Å². The molecule has 0 radical (unpaired) electrons. The van der Waals surface area contributed by atoms with E-state index in [1.54, 1.807) is 0 Å². The highest BCUT2D eigenvalue weighted by Gasteiger charge is 2.28. The fourth-order valence-electron chi connectivity index (χ4n) is 2.44. The maximum Gasteiger partial charge on any atom is 0.390 e. The van der Waals surface area contributed by atoms with Gasteiger partial charge in [0.1, 0.15) is 5.82 Å². The van der Waals surface area contributed by atoms with Crippen LogP contribution in [0.5, 0.6) is 0 Å². The van der Waals surface area contributed by atoms with Gasteiger partial charge in [-0.2, -0.15) is 13.2 Å². The first-order valence-electron chi connectivity index (χ1n) is 7.59. The van der Waals surface area contributed by atoms with E-state index in [4.69, 9.17) is 5.11 Å². The van der Waals surface area contributed by atoms with E-state index in [1.807, 2.05) is 31.2 Å². The van der Waals surface area contributed by atoms with E-state index in [-0.39, 0.29) is 19.6 Å². The average Bonchev–Trinajstić information content (AvgIpc) is 2.52. The van der Waals surface area contributed by atoms with E-state index in [0.717, 1.165) is 16.6 Å². The number of benzene rings is 1. The number of halogens is 3. The second-order valence-corrected chi connectivity index (χ2v) is 5.68. The molecule has 0 spiro atoms. The van der Waals surface area contributed by atoms with Crippen molar-refractivity contribution < 1.29 is 23.4 Å². The molecule has 1 aromatic carbocycles. The van der Waals surface area contributed by atoms with Crippen molar-refractivity contribution in [3.05, 3.63) is 35.8 Å². The summed E-state index contributed by atoms with van der Waals surface area (Å²) in [6.07, 6.45) is -6.40. The van der Waals surface area contributed by atoms with Crippen molar-refractivity contribution in [3.63, 3.8) is 0 Å². The van der Waals surface area contributed by atoms with Crippen LogP contribution in [0.25, 0.3) is 10.9 Å². The Morgan fingerprint density at radius 3 is 2.58 bits per heavy atom. The molecule has 0 saturated heterocycles. The molecule has 2 N–H and O–H groups in total. The number of para-hydroxylation sites is 1. The lowest BCUT2D eigenvalue weighted by Gasteiger charge is -2.24. The lowest BCUT2D eigenvalue weighted by atomic mass is 10.2. The molecule has 1 heterocycles. The van der Waals surface area contributed by atoms with Crippen molar-refractivity contribution in [2.24, 2.45) is 0 Å². The zero-order valence-corrected chi connectivity index (χ0v) is 13.3. The van der Waals surface area contributed by atoms with Crippen molar-refractivity contribution in [2.45, 2.75) is 32.2 Å². The van der Waals surface area contributed by atoms with E-state index in [2.05, 4.69) is 9.97 Å². The number of rotatable bonds is 7. The second kappa shape index (κ2) is 7.87. The lowest BCUT2D eigenvalue weighted by molar-refractivity contribution is -0.139. The predicted molar refractivity (Wildman–Crippen MR) is 83.3 cm³/mol. The number of aryl methyl sites for hydroxylation is 1. The Kier molecular flexibility index (Phi) is 6.09. The van der Waals surface area contributed by atoms with E-state index < -0.39 is 25.3 Å². The van der Waals surface area contributed by atoms with Crippen LogP contribution < -0.4 is 0 Å². The van der Waals surface area contributed by atoms with E-state index >= 15 is 0 Å². The number of nitrogens with zero attached hydrogens (tertiary/aromatic N) is 3. The van der Waals surface area contributed by atoms with Gasteiger partial charge >= 0.3 is 6.18 Å². The molecule has 0 saturated carbocycles. The number of aliphatic hydroxyl groups excluding tert-OH is 2. The molecule has 24 heavy (non-hydrogen) atoms. The third-order valence-corrected chi connectivity index (χ3v) is 3.60. The van der Waals surface area contributed by atoms with Gasteiger partial charge in [-0.15, -0.1) is 0 Å². The minimum atomic E-state index is -4.29. The van der Waals surface area contributed by atoms with Crippen LogP contribution in [-0.4, -0.2) is 57.1 Å². The van der Waals surface area contributed by atoms with Gasteiger partial charge in [-0.05, 0) is 13.0 Å². The van der Waals surface area contributed by atoms with Crippen molar-refractivity contribution in [1.29, 1.82) is 0 Å². The standard InChI is InChI=1S/C16H20F3N3O2/c1-11-13-4-2-3-5-14(13)21-15(20-11)9-22(8-12(24)10-23)7-6-16(17,18)19/h2-5,12,23-24H,6-10H2,1H3/t12-/m0/s1. The average molecular weight is 343 g/mol. The molecule has 1 atom stereocenters. The molecule has 2 rings (SSSR count). The van der Waals surface area contributed by atoms with Crippen molar-refractivity contribution >= 4 is 10.9 Å². The molecule has 1 aromatic heterocycles. The normalized spacial score (nSPS) is 13.6. The van der Waals surface area contributed by atoms with Crippen LogP contribution in [0.2, 0.25) is 0 Å². The van der Waals surface area contributed by atoms with Crippen LogP contribution in [0.3, 0.4) is 0 Å². The summed E-state index contributed by atoms with van der Waals surface area (Å²) in [6.45, 7) is 0.993. The van der Waals surface area contributed by atoms with Crippen molar-refractivity contribution in [3.8, 4) is 0 Å². The summed E-state index contributed by atoms with van der Waals surface area (Å²) in [5, 5.41) is 19.4. The number of alkyl halides is 3. The zero-order chi connectivity index (χ0) is 17.7. The third kappa shape index (κ3) is 5.40. The minimum Gasteiger partial charge on any atom is -0.394 e. The number of aliphatic hydroxyl groups is 2. The summed E-state index contributed by atoms with van der Waals surface area (Å²) in [5.41, 5.74) is 1.47. The fourth-order valence-corrected chi connectivity index (χ4v) is 2.44. The largest absolute Gasteiger partial charge is 0.394 e. The summed E-state index contributed by atoms with van der Waals surface area (Å²) >= 11 is 0. The number of hydrogen-bond donors (Lipinski definition) is 2. The van der Waals surface area contributed by atoms with Crippen LogP contribution in [0.1, 0.15) is 17.9 Å². The Bertz CT molecular complexity index is 679. The van der Waals surface area contributed by atoms with Crippen LogP contribution in [0, 0.1) is 6.92 Å². The van der Waals surface area contributed by atoms with E-state index in [0.29, 0.717) is 5.82 Å². The van der Waals surface area contributed by atoms with Crippen LogP contribution >= 0.6 is 0 Å². The first-order chi connectivity index (χ1) is 11.3. The molecule has 8 heteroatoms. The molecule has 0 fully saturated rings. The molecule has 0 aliphatic heterocycles. The Hall–Kier alpha value is -1.77. The highest BCUT2D eigenvalue weighted by molar-refractivity contribution is 5.80. The van der Waals surface area contributed by atoms with Gasteiger partial charge in [-0.25, -0.2) is 9.97 Å². The summed E-state index contributed by atoms with van der Waals surface area (Å²) in [5.74, 6) is 0.388. The fraction of sp³-hybridized carbons (Fsp3) is 0.500. The van der Waals surface area contributed by atoms with E-state index in [9.17, 15) is 18.3 Å². The topological polar surface area (TPSA) is 69.5 Å². The quantitative estimate of drug-likeness (QED) is 0.805. The van der Waals surface area contributed by atoms with Crippen LogP contribution in [0.15, 0.2) is 24.3 Å². The summed E-state index contributed by atoms with van der Waals surface area (Å²) in [7, 11) is 0. The molecule has 132 valence electrons. The molecule has 0 aliphatic rings. The number of aromatic nitrogens is 2. The molecule has 5 nitrogen and oxygen atoms in total. The Balaban J connectivity index is 2.18. The Labute approximate surface area is 137 Å². The van der Waals surface area contributed by atoms with Gasteiger partial charge < -0.3 is 10.2 Å². The summed E-state index contributed by atoms with van der Waals surface area (Å²) in [4.78, 5) is 10.1. The zero-order valence-electron chi connectivity index (χ0n) is 13.3. The van der Waals surface area contributed by atoms with Crippen LogP contribution in [0.4, 0.5) is 13.2 Å². The first kappa shape index (κ1) is 18.6. The van der Waals surface area contributed by atoms with Crippen molar-refractivity contribution in [2.75, 3.05) is 19.7 Å². The van der Waals surface area contributed by atoms with Gasteiger partial charge in [0.05, 0.1) is 31.2 Å². The summed E-state index contributed by atoms with van der Waals surface area (Å²) in [6, 6.07) is 7.39. The van der Waals surface area contributed by atoms with Crippen molar-refractivity contribution in [1.82, 2.24) is 14.9 Å². The second-order valence-electron chi connectivity index (χ2n) is 5.68. The van der Waals surface area contributed by atoms with Gasteiger partial charge in [-0.1, -0.05) is 18.2 Å². The molecule has 0 amide bonds. The SMILES string of the molecule is Cc1nc(CN(CCC(F)(F)F)C[C@H](O)CO)nc2ccccc12. The Morgan fingerprint density at radius 2 is 1.92 bits per heavy atom. The molecular weight excluding hydrogens is 323 g/mol. The molecule has 0 unspecified atom stereocenters. The lowest BCUT2D eigenvalue weighted by Crippen LogP contribution is -2.36. The van der Waals surface area contributed by atoms with Gasteiger partial charge in [0, 0.05) is 24.2 Å². The molecule has 2 aromatic rings. The molecule has 0 aliphatic carbocycles. The first-order valence-corrected chi connectivity index (χ1v) is 7.59.